The van der Waals surface area contributed by atoms with Gasteiger partial charge in [0.1, 0.15) is 0 Å². The van der Waals surface area contributed by atoms with Gasteiger partial charge >= 0.3 is 0 Å². The average molecular weight is 281 g/mol. The van der Waals surface area contributed by atoms with Gasteiger partial charge in [0.05, 0.1) is 6.10 Å². The van der Waals surface area contributed by atoms with E-state index in [-0.39, 0.29) is 6.10 Å². The van der Waals surface area contributed by atoms with Gasteiger partial charge in [-0.3, -0.25) is 4.90 Å². The maximum atomic E-state index is 10.2. The lowest BCUT2D eigenvalue weighted by Crippen LogP contribution is -2.43. The molecule has 0 saturated carbocycles. The minimum absolute atomic E-state index is 0.198. The predicted octanol–water partition coefficient (Wildman–Crippen LogP) is 3.11. The SMILES string of the molecule is O[C@H]1C[C@@H](Cc2ccccc2)CN(Cc2ccccc2)C1. The summed E-state index contributed by atoms with van der Waals surface area (Å²) in [6.07, 6.45) is 1.78. The number of benzene rings is 2. The Kier molecular flexibility index (Phi) is 4.69. The van der Waals surface area contributed by atoms with Crippen LogP contribution in [-0.4, -0.2) is 29.2 Å². The van der Waals surface area contributed by atoms with Gasteiger partial charge in [-0.1, -0.05) is 60.7 Å². The number of nitrogens with zero attached hydrogens (tertiary/aromatic N) is 1. The first-order valence-corrected chi connectivity index (χ1v) is 7.78. The molecule has 110 valence electrons. The molecule has 0 bridgehead atoms. The van der Waals surface area contributed by atoms with E-state index in [0.29, 0.717) is 5.92 Å². The second-order valence-electron chi connectivity index (χ2n) is 6.12. The highest BCUT2D eigenvalue weighted by Crippen LogP contribution is 2.22. The number of β-amino-alcohol motifs (C(OH)–C–C–N with tert-alkyl or cyclic N) is 1. The van der Waals surface area contributed by atoms with Crippen LogP contribution < -0.4 is 0 Å². The molecule has 0 unspecified atom stereocenters. The smallest absolute Gasteiger partial charge is 0.0670 e. The van der Waals surface area contributed by atoms with Crippen molar-refractivity contribution in [3.63, 3.8) is 0 Å². The summed E-state index contributed by atoms with van der Waals surface area (Å²) < 4.78 is 0. The zero-order valence-corrected chi connectivity index (χ0v) is 12.4. The Morgan fingerprint density at radius 1 is 0.857 bits per heavy atom. The van der Waals surface area contributed by atoms with Gasteiger partial charge < -0.3 is 5.11 Å². The molecular weight excluding hydrogens is 258 g/mol. The Bertz CT molecular complexity index is 491. The van der Waals surface area contributed by atoms with Gasteiger partial charge in [-0.25, -0.2) is 0 Å². The van der Waals surface area contributed by atoms with Crippen LogP contribution in [0.3, 0.4) is 0 Å². The third-order valence-electron chi connectivity index (χ3n) is 4.21. The molecule has 2 aromatic carbocycles. The first-order chi connectivity index (χ1) is 10.3. The van der Waals surface area contributed by atoms with Gasteiger partial charge in [-0.2, -0.15) is 0 Å². The molecule has 1 saturated heterocycles. The molecule has 1 heterocycles. The molecule has 1 N–H and O–H groups in total. The van der Waals surface area contributed by atoms with Crippen molar-refractivity contribution in [2.75, 3.05) is 13.1 Å². The largest absolute Gasteiger partial charge is 0.392 e. The van der Waals surface area contributed by atoms with Crippen molar-refractivity contribution >= 4 is 0 Å². The highest BCUT2D eigenvalue weighted by atomic mass is 16.3. The van der Waals surface area contributed by atoms with E-state index in [0.717, 1.165) is 32.5 Å². The van der Waals surface area contributed by atoms with Gasteiger partial charge in [0.15, 0.2) is 0 Å². The van der Waals surface area contributed by atoms with E-state index in [1.165, 1.54) is 11.1 Å². The van der Waals surface area contributed by atoms with E-state index in [2.05, 4.69) is 59.5 Å². The Morgan fingerprint density at radius 3 is 2.14 bits per heavy atom. The number of likely N-dealkylation sites (tertiary alicyclic amines) is 1. The molecule has 0 radical (unpaired) electrons. The van der Waals surface area contributed by atoms with E-state index in [1.54, 1.807) is 0 Å². The minimum atomic E-state index is -0.198. The van der Waals surface area contributed by atoms with Crippen LogP contribution in [0.15, 0.2) is 60.7 Å². The summed E-state index contributed by atoms with van der Waals surface area (Å²) in [5.74, 6) is 0.542. The van der Waals surface area contributed by atoms with E-state index < -0.39 is 0 Å². The Hall–Kier alpha value is -1.64. The number of aliphatic hydroxyl groups excluding tert-OH is 1. The third kappa shape index (κ3) is 4.16. The third-order valence-corrected chi connectivity index (χ3v) is 4.21. The Morgan fingerprint density at radius 2 is 1.48 bits per heavy atom. The van der Waals surface area contributed by atoms with Crippen molar-refractivity contribution in [2.45, 2.75) is 25.5 Å². The summed E-state index contributed by atoms with van der Waals surface area (Å²) in [4.78, 5) is 2.39. The predicted molar refractivity (Wildman–Crippen MR) is 86.0 cm³/mol. The lowest BCUT2D eigenvalue weighted by atomic mass is 9.89. The van der Waals surface area contributed by atoms with Crippen LogP contribution in [0, 0.1) is 5.92 Å². The highest BCUT2D eigenvalue weighted by molar-refractivity contribution is 5.16. The first kappa shape index (κ1) is 14.3. The zero-order chi connectivity index (χ0) is 14.5. The summed E-state index contributed by atoms with van der Waals surface area (Å²) in [6, 6.07) is 21.1. The molecule has 3 rings (SSSR count). The summed E-state index contributed by atoms with van der Waals surface area (Å²) in [6.45, 7) is 2.80. The van der Waals surface area contributed by atoms with Crippen LogP contribution in [0.1, 0.15) is 17.5 Å². The summed E-state index contributed by atoms with van der Waals surface area (Å²) in [5.41, 5.74) is 2.70. The second-order valence-corrected chi connectivity index (χ2v) is 6.12. The molecule has 0 amide bonds. The van der Waals surface area contributed by atoms with Crippen LogP contribution in [0.25, 0.3) is 0 Å². The van der Waals surface area contributed by atoms with Gasteiger partial charge in [0.2, 0.25) is 0 Å². The molecule has 1 aliphatic rings. The van der Waals surface area contributed by atoms with Crippen LogP contribution in [0.5, 0.6) is 0 Å². The maximum absolute atomic E-state index is 10.2. The molecule has 1 fully saturated rings. The highest BCUT2D eigenvalue weighted by Gasteiger charge is 2.25. The molecule has 2 aromatic rings. The average Bonchev–Trinajstić information content (AvgIpc) is 2.48. The van der Waals surface area contributed by atoms with Crippen LogP contribution >= 0.6 is 0 Å². The molecule has 2 atom stereocenters. The van der Waals surface area contributed by atoms with Gasteiger partial charge in [0.25, 0.3) is 0 Å². The monoisotopic (exact) mass is 281 g/mol. The van der Waals surface area contributed by atoms with Crippen molar-refractivity contribution < 1.29 is 5.11 Å². The van der Waals surface area contributed by atoms with Crippen LogP contribution in [0.4, 0.5) is 0 Å². The molecule has 2 heteroatoms. The zero-order valence-electron chi connectivity index (χ0n) is 12.4. The van der Waals surface area contributed by atoms with E-state index >= 15 is 0 Å². The topological polar surface area (TPSA) is 23.5 Å². The molecule has 0 aliphatic carbocycles. The van der Waals surface area contributed by atoms with E-state index in [4.69, 9.17) is 0 Å². The lowest BCUT2D eigenvalue weighted by Gasteiger charge is -2.36. The fourth-order valence-electron chi connectivity index (χ4n) is 3.34. The number of aliphatic hydroxyl groups is 1. The second kappa shape index (κ2) is 6.88. The number of hydrogen-bond acceptors (Lipinski definition) is 2. The molecule has 1 aliphatic heterocycles. The fourth-order valence-corrected chi connectivity index (χ4v) is 3.34. The molecule has 0 spiro atoms. The van der Waals surface area contributed by atoms with Crippen molar-refractivity contribution in [1.82, 2.24) is 4.90 Å². The van der Waals surface area contributed by atoms with Crippen molar-refractivity contribution in [3.8, 4) is 0 Å². The number of piperidine rings is 1. The summed E-state index contributed by atoms with van der Waals surface area (Å²) in [5, 5.41) is 10.2. The summed E-state index contributed by atoms with van der Waals surface area (Å²) in [7, 11) is 0. The number of rotatable bonds is 4. The van der Waals surface area contributed by atoms with Gasteiger partial charge in [0, 0.05) is 19.6 Å². The van der Waals surface area contributed by atoms with Crippen LogP contribution in [0.2, 0.25) is 0 Å². The van der Waals surface area contributed by atoms with Gasteiger partial charge in [-0.05, 0) is 29.9 Å². The first-order valence-electron chi connectivity index (χ1n) is 7.78. The fraction of sp³-hybridized carbons (Fsp3) is 0.368. The molecule has 0 aromatic heterocycles. The van der Waals surface area contributed by atoms with E-state index in [1.807, 2.05) is 6.07 Å². The lowest BCUT2D eigenvalue weighted by molar-refractivity contribution is 0.0360. The van der Waals surface area contributed by atoms with Crippen molar-refractivity contribution in [3.05, 3.63) is 71.8 Å². The standard InChI is InChI=1S/C19H23NO/c21-19-12-18(11-16-7-3-1-4-8-16)14-20(15-19)13-17-9-5-2-6-10-17/h1-10,18-19,21H,11-15H2/t18-,19+/m1/s1. The molecule has 21 heavy (non-hydrogen) atoms. The van der Waals surface area contributed by atoms with Gasteiger partial charge in [-0.15, -0.1) is 0 Å². The molecule has 2 nitrogen and oxygen atoms in total. The normalized spacial score (nSPS) is 23.1. The summed E-state index contributed by atoms with van der Waals surface area (Å²) >= 11 is 0. The minimum Gasteiger partial charge on any atom is -0.392 e. The molecular formula is C19H23NO. The van der Waals surface area contributed by atoms with Crippen molar-refractivity contribution in [2.24, 2.45) is 5.92 Å². The quantitative estimate of drug-likeness (QED) is 0.931. The number of hydrogen-bond donors (Lipinski definition) is 1. The van der Waals surface area contributed by atoms with E-state index in [9.17, 15) is 5.11 Å². The van der Waals surface area contributed by atoms with Crippen molar-refractivity contribution in [1.29, 1.82) is 0 Å². The maximum Gasteiger partial charge on any atom is 0.0670 e. The van der Waals surface area contributed by atoms with Crippen LogP contribution in [-0.2, 0) is 13.0 Å². The Balaban J connectivity index is 1.62. The Labute approximate surface area is 127 Å².